The van der Waals surface area contributed by atoms with Crippen molar-refractivity contribution in [3.63, 3.8) is 0 Å². The average Bonchev–Trinajstić information content (AvgIpc) is 2.34. The van der Waals surface area contributed by atoms with E-state index < -0.39 is 0 Å². The summed E-state index contributed by atoms with van der Waals surface area (Å²) in [5.74, 6) is 0.514. The van der Waals surface area contributed by atoms with Crippen molar-refractivity contribution < 1.29 is 4.39 Å². The molecule has 0 saturated carbocycles. The highest BCUT2D eigenvalue weighted by atomic mass is 19.1. The number of nitrogens with zero attached hydrogens (tertiary/aromatic N) is 2. The first kappa shape index (κ1) is 12.5. The van der Waals surface area contributed by atoms with Gasteiger partial charge in [-0.2, -0.15) is 0 Å². The molecule has 1 aromatic carbocycles. The third kappa shape index (κ3) is 2.83. The number of nitrogens with one attached hydrogen (secondary N) is 1. The summed E-state index contributed by atoms with van der Waals surface area (Å²) in [6.45, 7) is 5.76. The molecule has 3 nitrogen and oxygen atoms in total. The summed E-state index contributed by atoms with van der Waals surface area (Å²) >= 11 is 0. The Kier molecular flexibility index (Phi) is 3.55. The largest absolute Gasteiger partial charge is 0.362 e. The van der Waals surface area contributed by atoms with Gasteiger partial charge in [0.15, 0.2) is 0 Å². The van der Waals surface area contributed by atoms with E-state index in [4.69, 9.17) is 0 Å². The minimum atomic E-state index is -0.229. The average molecular weight is 245 g/mol. The lowest BCUT2D eigenvalue weighted by atomic mass is 10.1. The Labute approximate surface area is 106 Å². The summed E-state index contributed by atoms with van der Waals surface area (Å²) in [4.78, 5) is 8.64. The van der Waals surface area contributed by atoms with E-state index in [1.54, 1.807) is 12.3 Å². The SMILES string of the molecule is Cc1cnc(C)c(N[C@@H](C)c2cccc(F)c2)n1. The molecule has 0 fully saturated rings. The molecule has 18 heavy (non-hydrogen) atoms. The van der Waals surface area contributed by atoms with Crippen LogP contribution in [-0.4, -0.2) is 9.97 Å². The van der Waals surface area contributed by atoms with E-state index in [1.807, 2.05) is 26.8 Å². The zero-order chi connectivity index (χ0) is 13.1. The highest BCUT2D eigenvalue weighted by molar-refractivity contribution is 5.42. The summed E-state index contributed by atoms with van der Waals surface area (Å²) in [6, 6.07) is 6.54. The van der Waals surface area contributed by atoms with Gasteiger partial charge in [0.25, 0.3) is 0 Å². The van der Waals surface area contributed by atoms with Gasteiger partial charge < -0.3 is 5.32 Å². The van der Waals surface area contributed by atoms with Crippen LogP contribution in [0.25, 0.3) is 0 Å². The van der Waals surface area contributed by atoms with Crippen molar-refractivity contribution in [2.24, 2.45) is 0 Å². The fourth-order valence-electron chi connectivity index (χ4n) is 1.74. The molecule has 2 rings (SSSR count). The second-order valence-electron chi connectivity index (χ2n) is 4.37. The lowest BCUT2D eigenvalue weighted by Gasteiger charge is -2.16. The number of hydrogen-bond acceptors (Lipinski definition) is 3. The van der Waals surface area contributed by atoms with Crippen LogP contribution in [0.4, 0.5) is 10.2 Å². The maximum atomic E-state index is 13.2. The molecule has 1 atom stereocenters. The van der Waals surface area contributed by atoms with Gasteiger partial charge in [-0.05, 0) is 38.5 Å². The first-order valence-electron chi connectivity index (χ1n) is 5.88. The highest BCUT2D eigenvalue weighted by Crippen LogP contribution is 2.20. The molecule has 4 heteroatoms. The maximum absolute atomic E-state index is 13.2. The fraction of sp³-hybridized carbons (Fsp3) is 0.286. The Morgan fingerprint density at radius 3 is 2.78 bits per heavy atom. The van der Waals surface area contributed by atoms with Crippen LogP contribution in [0.5, 0.6) is 0 Å². The second-order valence-corrected chi connectivity index (χ2v) is 4.37. The van der Waals surface area contributed by atoms with Gasteiger partial charge in [-0.3, -0.25) is 4.98 Å². The first-order valence-corrected chi connectivity index (χ1v) is 5.88. The Hall–Kier alpha value is -1.97. The minimum Gasteiger partial charge on any atom is -0.362 e. The highest BCUT2D eigenvalue weighted by Gasteiger charge is 2.09. The van der Waals surface area contributed by atoms with Crippen LogP contribution in [0.3, 0.4) is 0 Å². The molecule has 1 N–H and O–H groups in total. The Bertz CT molecular complexity index is 554. The molecule has 1 heterocycles. The third-order valence-corrected chi connectivity index (χ3v) is 2.78. The van der Waals surface area contributed by atoms with E-state index in [2.05, 4.69) is 15.3 Å². The van der Waals surface area contributed by atoms with Gasteiger partial charge in [-0.25, -0.2) is 9.37 Å². The molecule has 0 aliphatic carbocycles. The van der Waals surface area contributed by atoms with Gasteiger partial charge in [-0.15, -0.1) is 0 Å². The standard InChI is InChI=1S/C14H16FN3/c1-9-8-16-11(3)14(17-9)18-10(2)12-5-4-6-13(15)7-12/h4-8,10H,1-3H3,(H,17,18)/t10-/m0/s1. The summed E-state index contributed by atoms with van der Waals surface area (Å²) in [5, 5.41) is 3.25. The summed E-state index contributed by atoms with van der Waals surface area (Å²) < 4.78 is 13.2. The molecule has 0 radical (unpaired) electrons. The van der Waals surface area contributed by atoms with Gasteiger partial charge >= 0.3 is 0 Å². The van der Waals surface area contributed by atoms with Crippen LogP contribution < -0.4 is 5.32 Å². The smallest absolute Gasteiger partial charge is 0.148 e. The monoisotopic (exact) mass is 245 g/mol. The normalized spacial score (nSPS) is 12.2. The molecule has 0 bridgehead atoms. The van der Waals surface area contributed by atoms with Crippen LogP contribution in [-0.2, 0) is 0 Å². The molecule has 0 unspecified atom stereocenters. The number of anilines is 1. The van der Waals surface area contributed by atoms with Gasteiger partial charge in [0.05, 0.1) is 17.4 Å². The summed E-state index contributed by atoms with van der Waals surface area (Å²) in [5.41, 5.74) is 2.58. The first-order chi connectivity index (χ1) is 8.56. The van der Waals surface area contributed by atoms with Crippen molar-refractivity contribution >= 4 is 5.82 Å². The van der Waals surface area contributed by atoms with E-state index in [0.29, 0.717) is 0 Å². The summed E-state index contributed by atoms with van der Waals surface area (Å²) in [7, 11) is 0. The van der Waals surface area contributed by atoms with Gasteiger partial charge in [0.1, 0.15) is 11.6 Å². The quantitative estimate of drug-likeness (QED) is 0.900. The van der Waals surface area contributed by atoms with E-state index in [0.717, 1.165) is 22.8 Å². The van der Waals surface area contributed by atoms with E-state index in [-0.39, 0.29) is 11.9 Å². The van der Waals surface area contributed by atoms with Crippen molar-refractivity contribution in [3.05, 3.63) is 53.2 Å². The number of hydrogen-bond donors (Lipinski definition) is 1. The number of benzene rings is 1. The molecule has 0 aliphatic heterocycles. The Morgan fingerprint density at radius 2 is 2.06 bits per heavy atom. The minimum absolute atomic E-state index is 0.0181. The molecule has 0 amide bonds. The molecule has 0 saturated heterocycles. The molecule has 0 aliphatic rings. The molecule has 0 spiro atoms. The van der Waals surface area contributed by atoms with Crippen molar-refractivity contribution in [2.75, 3.05) is 5.32 Å². The molecule has 1 aromatic heterocycles. The van der Waals surface area contributed by atoms with Crippen molar-refractivity contribution in [2.45, 2.75) is 26.8 Å². The Balaban J connectivity index is 2.21. The van der Waals surface area contributed by atoms with E-state index in [9.17, 15) is 4.39 Å². The fourth-order valence-corrected chi connectivity index (χ4v) is 1.74. The zero-order valence-corrected chi connectivity index (χ0v) is 10.7. The second kappa shape index (κ2) is 5.12. The van der Waals surface area contributed by atoms with Crippen LogP contribution in [0.1, 0.15) is 29.9 Å². The summed E-state index contributed by atoms with van der Waals surface area (Å²) in [6.07, 6.45) is 1.73. The predicted octanol–water partition coefficient (Wildman–Crippen LogP) is 3.41. The molecular formula is C14H16FN3. The number of halogens is 1. The maximum Gasteiger partial charge on any atom is 0.148 e. The number of rotatable bonds is 3. The van der Waals surface area contributed by atoms with E-state index in [1.165, 1.54) is 12.1 Å². The lowest BCUT2D eigenvalue weighted by molar-refractivity contribution is 0.623. The van der Waals surface area contributed by atoms with Crippen LogP contribution in [0.2, 0.25) is 0 Å². The van der Waals surface area contributed by atoms with Gasteiger partial charge in [-0.1, -0.05) is 12.1 Å². The van der Waals surface area contributed by atoms with Crippen LogP contribution >= 0.6 is 0 Å². The lowest BCUT2D eigenvalue weighted by Crippen LogP contribution is -2.10. The molecule has 2 aromatic rings. The number of aromatic nitrogens is 2. The predicted molar refractivity (Wildman–Crippen MR) is 69.9 cm³/mol. The number of aryl methyl sites for hydroxylation is 2. The topological polar surface area (TPSA) is 37.8 Å². The zero-order valence-electron chi connectivity index (χ0n) is 10.7. The Morgan fingerprint density at radius 1 is 1.28 bits per heavy atom. The van der Waals surface area contributed by atoms with Crippen molar-refractivity contribution in [1.29, 1.82) is 0 Å². The molecule has 94 valence electrons. The molecular weight excluding hydrogens is 229 g/mol. The van der Waals surface area contributed by atoms with Gasteiger partial charge in [0.2, 0.25) is 0 Å². The van der Waals surface area contributed by atoms with Crippen LogP contribution in [0.15, 0.2) is 30.5 Å². The van der Waals surface area contributed by atoms with Crippen LogP contribution in [0, 0.1) is 19.7 Å². The van der Waals surface area contributed by atoms with Crippen molar-refractivity contribution in [3.8, 4) is 0 Å². The van der Waals surface area contributed by atoms with E-state index >= 15 is 0 Å². The van der Waals surface area contributed by atoms with Crippen molar-refractivity contribution in [1.82, 2.24) is 9.97 Å². The third-order valence-electron chi connectivity index (χ3n) is 2.78. The van der Waals surface area contributed by atoms with Gasteiger partial charge in [0, 0.05) is 6.20 Å².